The summed E-state index contributed by atoms with van der Waals surface area (Å²) in [4.78, 5) is 30.3. The molecule has 2 atom stereocenters. The van der Waals surface area contributed by atoms with Gasteiger partial charge >= 0.3 is 0 Å². The first kappa shape index (κ1) is 29.2. The fraction of sp³-hybridized carbons (Fsp3) is 0.846. The molecule has 0 aromatic rings. The molecule has 0 rings (SSSR count). The van der Waals surface area contributed by atoms with Crippen LogP contribution in [0.25, 0.3) is 0 Å². The van der Waals surface area contributed by atoms with Gasteiger partial charge in [-0.25, -0.2) is 0 Å². The van der Waals surface area contributed by atoms with E-state index in [0.717, 1.165) is 6.42 Å². The van der Waals surface area contributed by atoms with Crippen molar-refractivity contribution in [3.05, 3.63) is 10.1 Å². The Kier molecular flexibility index (Phi) is 28.0. The SMILES string of the molecule is C.CC(=O)CCC(C)N.CC(=O)CCC(C)[N+](=O)[O-].II. The van der Waals surface area contributed by atoms with Gasteiger partial charge in [0.15, 0.2) is 0 Å². The van der Waals surface area contributed by atoms with Crippen LogP contribution in [-0.4, -0.2) is 28.6 Å². The zero-order chi connectivity index (χ0) is 16.7. The maximum absolute atomic E-state index is 10.3. The lowest BCUT2D eigenvalue weighted by atomic mass is 10.1. The van der Waals surface area contributed by atoms with Crippen LogP contribution < -0.4 is 5.73 Å². The molecule has 2 unspecified atom stereocenters. The van der Waals surface area contributed by atoms with E-state index in [1.165, 1.54) is 13.8 Å². The van der Waals surface area contributed by atoms with Gasteiger partial charge < -0.3 is 15.3 Å². The number of Topliss-reactive ketones (excluding diaryl/α,β-unsaturated/α-hetero) is 2. The molecule has 0 aliphatic carbocycles. The van der Waals surface area contributed by atoms with Crippen LogP contribution in [0.5, 0.6) is 0 Å². The van der Waals surface area contributed by atoms with E-state index in [1.54, 1.807) is 6.92 Å². The number of halogens is 2. The van der Waals surface area contributed by atoms with Gasteiger partial charge in [-0.1, -0.05) is 7.43 Å². The molecule has 0 heterocycles. The Morgan fingerprint density at radius 1 is 1.10 bits per heavy atom. The Balaban J connectivity index is -0.000000120. The van der Waals surface area contributed by atoms with Gasteiger partial charge in [-0.15, -0.1) is 0 Å². The lowest BCUT2D eigenvalue weighted by Crippen LogP contribution is -2.15. The van der Waals surface area contributed by atoms with Crippen molar-refractivity contribution < 1.29 is 14.5 Å². The third-order valence-corrected chi connectivity index (χ3v) is 2.23. The third kappa shape index (κ3) is 33.2. The number of nitro groups is 1. The topological polar surface area (TPSA) is 103 Å². The highest BCUT2D eigenvalue weighted by molar-refractivity contribution is 15.0. The molecule has 0 saturated heterocycles. The highest BCUT2D eigenvalue weighted by atomic mass is 128. The lowest BCUT2D eigenvalue weighted by molar-refractivity contribution is -0.518. The molecule has 0 bridgehead atoms. The average molecular weight is 530 g/mol. The van der Waals surface area contributed by atoms with E-state index in [-0.39, 0.29) is 30.0 Å². The maximum Gasteiger partial charge on any atom is 0.210 e. The van der Waals surface area contributed by atoms with E-state index < -0.39 is 6.04 Å². The molecule has 2 N–H and O–H groups in total. The van der Waals surface area contributed by atoms with Gasteiger partial charge in [-0.3, -0.25) is 10.1 Å². The molecule has 6 nitrogen and oxygen atoms in total. The first-order valence-electron chi connectivity index (χ1n) is 6.19. The van der Waals surface area contributed by atoms with E-state index in [2.05, 4.69) is 37.2 Å². The second-order valence-electron chi connectivity index (χ2n) is 4.59. The number of carbonyl (C=O) groups is 2. The molecule has 21 heavy (non-hydrogen) atoms. The van der Waals surface area contributed by atoms with Crippen LogP contribution in [0.15, 0.2) is 0 Å². The molecule has 0 radical (unpaired) electrons. The summed E-state index contributed by atoms with van der Waals surface area (Å²) >= 11 is 4.24. The second kappa shape index (κ2) is 20.2. The summed E-state index contributed by atoms with van der Waals surface area (Å²) in [5.74, 6) is 0.232. The molecule has 0 spiro atoms. The summed E-state index contributed by atoms with van der Waals surface area (Å²) in [7, 11) is 0. The predicted molar refractivity (Wildman–Crippen MR) is 105 cm³/mol. The summed E-state index contributed by atoms with van der Waals surface area (Å²) in [6.07, 6.45) is 2.09. The van der Waals surface area contributed by atoms with E-state index in [4.69, 9.17) is 5.73 Å². The minimum Gasteiger partial charge on any atom is -0.328 e. The number of carbonyl (C=O) groups excluding carboxylic acids is 2. The van der Waals surface area contributed by atoms with E-state index in [0.29, 0.717) is 19.3 Å². The van der Waals surface area contributed by atoms with Crippen molar-refractivity contribution in [1.29, 1.82) is 0 Å². The Morgan fingerprint density at radius 3 is 1.62 bits per heavy atom. The van der Waals surface area contributed by atoms with Crippen LogP contribution in [0.4, 0.5) is 0 Å². The van der Waals surface area contributed by atoms with Crippen LogP contribution in [0.3, 0.4) is 0 Å². The fourth-order valence-corrected chi connectivity index (χ4v) is 0.948. The van der Waals surface area contributed by atoms with Crippen molar-refractivity contribution in [2.24, 2.45) is 5.73 Å². The molecule has 0 aliphatic heterocycles. The average Bonchev–Trinajstić information content (AvgIpc) is 2.36. The summed E-state index contributed by atoms with van der Waals surface area (Å²) in [5.41, 5.74) is 5.39. The number of ketones is 2. The van der Waals surface area contributed by atoms with Gasteiger partial charge in [-0.05, 0) is 27.2 Å². The molecule has 128 valence electrons. The second-order valence-corrected chi connectivity index (χ2v) is 4.59. The van der Waals surface area contributed by atoms with Gasteiger partial charge in [0.05, 0.1) is 0 Å². The minimum atomic E-state index is -0.594. The summed E-state index contributed by atoms with van der Waals surface area (Å²) < 4.78 is 0. The monoisotopic (exact) mass is 530 g/mol. The Morgan fingerprint density at radius 2 is 1.43 bits per heavy atom. The van der Waals surface area contributed by atoms with Gasteiger partial charge in [0.2, 0.25) is 6.04 Å². The standard InChI is InChI=1S/C6H11NO3.C6H13NO.CH4.I2/c1-5(7(9)10)3-4-6(2)8;1-5(7)3-4-6(2)8;;1-2/h5H,3-4H2,1-2H3;5H,3-4,7H2,1-2H3;1H4;. The number of hydrogen-bond acceptors (Lipinski definition) is 5. The van der Waals surface area contributed by atoms with Gasteiger partial charge in [0, 0.05) is 74.4 Å². The number of hydrogen-bond donors (Lipinski definition) is 1. The zero-order valence-electron chi connectivity index (χ0n) is 12.4. The molecule has 0 aromatic heterocycles. The molecule has 8 heteroatoms. The fourth-order valence-electron chi connectivity index (χ4n) is 0.948. The largest absolute Gasteiger partial charge is 0.328 e. The molecule has 0 aliphatic rings. The Hall–Kier alpha value is 0.160. The van der Waals surface area contributed by atoms with Crippen molar-refractivity contribution in [3.8, 4) is 0 Å². The number of nitrogens with two attached hydrogens (primary N) is 1. The van der Waals surface area contributed by atoms with Crippen LogP contribution in [-0.2, 0) is 9.59 Å². The molecule has 0 aromatic carbocycles. The van der Waals surface area contributed by atoms with E-state index >= 15 is 0 Å². The van der Waals surface area contributed by atoms with Crippen LogP contribution in [0, 0.1) is 10.1 Å². The first-order valence-corrected chi connectivity index (χ1v) is 12.5. The molecule has 0 fully saturated rings. The molecule has 0 amide bonds. The summed E-state index contributed by atoms with van der Waals surface area (Å²) in [6.45, 7) is 6.43. The quantitative estimate of drug-likeness (QED) is 0.303. The van der Waals surface area contributed by atoms with Gasteiger partial charge in [-0.2, -0.15) is 0 Å². The van der Waals surface area contributed by atoms with Crippen LogP contribution >= 0.6 is 37.2 Å². The molecular formula is C13H28I2N2O4. The van der Waals surface area contributed by atoms with Crippen molar-refractivity contribution in [3.63, 3.8) is 0 Å². The van der Waals surface area contributed by atoms with Crippen LogP contribution in [0.2, 0.25) is 0 Å². The smallest absolute Gasteiger partial charge is 0.210 e. The highest BCUT2D eigenvalue weighted by Crippen LogP contribution is 1.99. The molecular weight excluding hydrogens is 502 g/mol. The van der Waals surface area contributed by atoms with E-state index in [9.17, 15) is 19.7 Å². The van der Waals surface area contributed by atoms with E-state index in [1.807, 2.05) is 6.92 Å². The normalized spacial score (nSPS) is 11.4. The van der Waals surface area contributed by atoms with Crippen molar-refractivity contribution in [1.82, 2.24) is 0 Å². The first-order chi connectivity index (χ1) is 9.16. The van der Waals surface area contributed by atoms with Crippen LogP contribution in [0.1, 0.15) is 60.8 Å². The summed E-state index contributed by atoms with van der Waals surface area (Å²) in [5, 5.41) is 10.0. The minimum absolute atomic E-state index is 0. The highest BCUT2D eigenvalue weighted by Gasteiger charge is 2.12. The van der Waals surface area contributed by atoms with Gasteiger partial charge in [0.25, 0.3) is 0 Å². The Bertz CT molecular complexity index is 287. The lowest BCUT2D eigenvalue weighted by Gasteiger charge is -1.99. The maximum atomic E-state index is 10.3. The van der Waals surface area contributed by atoms with Crippen molar-refractivity contribution >= 4 is 48.8 Å². The van der Waals surface area contributed by atoms with Crippen molar-refractivity contribution in [2.75, 3.05) is 0 Å². The zero-order valence-corrected chi connectivity index (χ0v) is 16.7. The number of rotatable bonds is 7. The predicted octanol–water partition coefficient (Wildman–Crippen LogP) is 4.13. The molecule has 0 saturated carbocycles. The number of nitrogens with zero attached hydrogens (tertiary/aromatic N) is 1. The van der Waals surface area contributed by atoms with Crippen molar-refractivity contribution in [2.45, 2.75) is 72.9 Å². The summed E-state index contributed by atoms with van der Waals surface area (Å²) in [6, 6.07) is -0.428. The third-order valence-electron chi connectivity index (χ3n) is 2.23. The Labute approximate surface area is 151 Å². The van der Waals surface area contributed by atoms with Gasteiger partial charge in [0.1, 0.15) is 11.6 Å².